The fourth-order valence-corrected chi connectivity index (χ4v) is 2.39. The summed E-state index contributed by atoms with van der Waals surface area (Å²) in [4.78, 5) is 16.1. The molecule has 2 heterocycles. The Hall–Kier alpha value is -1.73. The molecule has 0 saturated heterocycles. The van der Waals surface area contributed by atoms with Gasteiger partial charge in [-0.15, -0.1) is 11.3 Å². The van der Waals surface area contributed by atoms with Crippen LogP contribution >= 0.6 is 11.3 Å². The predicted octanol–water partition coefficient (Wildman–Crippen LogP) is 0.687. The van der Waals surface area contributed by atoms with Crippen molar-refractivity contribution in [1.82, 2.24) is 20.5 Å². The van der Waals surface area contributed by atoms with Gasteiger partial charge >= 0.3 is 0 Å². The summed E-state index contributed by atoms with van der Waals surface area (Å²) in [5.74, 6) is 0.534. The molecule has 0 aliphatic rings. The van der Waals surface area contributed by atoms with Gasteiger partial charge in [0, 0.05) is 23.2 Å². The van der Waals surface area contributed by atoms with E-state index in [1.54, 1.807) is 16.7 Å². The number of nitrogens with two attached hydrogens (primary N) is 1. The van der Waals surface area contributed by atoms with Gasteiger partial charge in [-0.1, -0.05) is 0 Å². The van der Waals surface area contributed by atoms with E-state index in [1.807, 2.05) is 6.07 Å². The molecule has 2 aromatic heterocycles. The molecule has 0 bridgehead atoms. The first-order chi connectivity index (χ1) is 8.75. The molecule has 0 unspecified atom stereocenters. The molecule has 6 nitrogen and oxygen atoms in total. The van der Waals surface area contributed by atoms with Gasteiger partial charge in [-0.25, -0.2) is 4.98 Å². The van der Waals surface area contributed by atoms with Crippen LogP contribution in [-0.4, -0.2) is 27.6 Å². The highest BCUT2D eigenvalue weighted by atomic mass is 32.1. The summed E-state index contributed by atoms with van der Waals surface area (Å²) in [6.07, 6.45) is 3.38. The van der Waals surface area contributed by atoms with Crippen LogP contribution in [0.2, 0.25) is 0 Å². The van der Waals surface area contributed by atoms with E-state index >= 15 is 0 Å². The Labute approximate surface area is 109 Å². The Morgan fingerprint density at radius 2 is 2.44 bits per heavy atom. The number of nitrogens with one attached hydrogen (secondary N) is 2. The molecule has 0 spiro atoms. The maximum atomic E-state index is 10.9. The van der Waals surface area contributed by atoms with Crippen LogP contribution in [-0.2, 0) is 13.0 Å². The van der Waals surface area contributed by atoms with Crippen molar-refractivity contribution >= 4 is 17.2 Å². The minimum atomic E-state index is -0.372. The highest BCUT2D eigenvalue weighted by Gasteiger charge is 2.04. The van der Waals surface area contributed by atoms with Crippen molar-refractivity contribution in [3.8, 4) is 0 Å². The number of nitrogens with zero attached hydrogens (tertiary/aromatic N) is 2. The lowest BCUT2D eigenvalue weighted by molar-refractivity contribution is 0.100. The van der Waals surface area contributed by atoms with E-state index in [2.05, 4.69) is 20.5 Å². The monoisotopic (exact) mass is 265 g/mol. The molecular formula is C11H15N5OS. The van der Waals surface area contributed by atoms with E-state index in [-0.39, 0.29) is 5.91 Å². The first-order valence-corrected chi connectivity index (χ1v) is 6.56. The molecule has 0 radical (unpaired) electrons. The molecule has 1 amide bonds. The summed E-state index contributed by atoms with van der Waals surface area (Å²) < 4.78 is 0. The third-order valence-electron chi connectivity index (χ3n) is 2.47. The average Bonchev–Trinajstić information content (AvgIpc) is 2.98. The highest BCUT2D eigenvalue weighted by molar-refractivity contribution is 7.10. The topological polar surface area (TPSA) is 96.7 Å². The fraction of sp³-hybridized carbons (Fsp3) is 0.364. The maximum Gasteiger partial charge on any atom is 0.249 e. The predicted molar refractivity (Wildman–Crippen MR) is 69.2 cm³/mol. The number of aromatic nitrogens is 3. The number of carbonyl (C=O) groups excluding carboxylic acids is 1. The lowest BCUT2D eigenvalue weighted by atomic mass is 10.3. The SMILES string of the molecule is NC(=O)c1csc(CNCCCc2ncn[nH]2)c1. The highest BCUT2D eigenvalue weighted by Crippen LogP contribution is 2.13. The molecule has 2 rings (SSSR count). The second kappa shape index (κ2) is 6.27. The second-order valence-electron chi connectivity index (χ2n) is 3.88. The zero-order chi connectivity index (χ0) is 12.8. The first-order valence-electron chi connectivity index (χ1n) is 5.68. The van der Waals surface area contributed by atoms with Crippen LogP contribution in [0.4, 0.5) is 0 Å². The zero-order valence-corrected chi connectivity index (χ0v) is 10.7. The van der Waals surface area contributed by atoms with Gasteiger partial charge in [-0.3, -0.25) is 9.89 Å². The summed E-state index contributed by atoms with van der Waals surface area (Å²) in [6, 6.07) is 1.83. The number of primary amides is 1. The Morgan fingerprint density at radius 3 is 3.11 bits per heavy atom. The number of rotatable bonds is 7. The lowest BCUT2D eigenvalue weighted by Crippen LogP contribution is -2.15. The molecule has 0 aromatic carbocycles. The van der Waals surface area contributed by atoms with Crippen LogP contribution < -0.4 is 11.1 Å². The van der Waals surface area contributed by atoms with Crippen LogP contribution in [0.1, 0.15) is 27.5 Å². The number of H-pyrrole nitrogens is 1. The van der Waals surface area contributed by atoms with Gasteiger partial charge in [0.15, 0.2) is 0 Å². The Balaban J connectivity index is 1.64. The van der Waals surface area contributed by atoms with E-state index in [1.165, 1.54) is 6.33 Å². The van der Waals surface area contributed by atoms with E-state index in [0.29, 0.717) is 5.56 Å². The van der Waals surface area contributed by atoms with Gasteiger partial charge in [-0.05, 0) is 19.0 Å². The Kier molecular flexibility index (Phi) is 4.43. The summed E-state index contributed by atoms with van der Waals surface area (Å²) in [7, 11) is 0. The van der Waals surface area contributed by atoms with Crippen molar-refractivity contribution in [1.29, 1.82) is 0 Å². The maximum absolute atomic E-state index is 10.9. The molecular weight excluding hydrogens is 250 g/mol. The Morgan fingerprint density at radius 1 is 1.56 bits per heavy atom. The number of aromatic amines is 1. The molecule has 0 saturated carbocycles. The molecule has 0 aliphatic heterocycles. The number of aryl methyl sites for hydroxylation is 1. The second-order valence-corrected chi connectivity index (χ2v) is 4.87. The average molecular weight is 265 g/mol. The molecule has 4 N–H and O–H groups in total. The van der Waals surface area contributed by atoms with Gasteiger partial charge in [0.1, 0.15) is 12.2 Å². The van der Waals surface area contributed by atoms with Crippen LogP contribution in [0.5, 0.6) is 0 Å². The van der Waals surface area contributed by atoms with Crippen molar-refractivity contribution in [3.63, 3.8) is 0 Å². The number of amides is 1. The largest absolute Gasteiger partial charge is 0.366 e. The minimum absolute atomic E-state index is 0.372. The van der Waals surface area contributed by atoms with Gasteiger partial charge in [0.05, 0.1) is 5.56 Å². The third kappa shape index (κ3) is 3.64. The molecule has 2 aromatic rings. The number of hydrogen-bond acceptors (Lipinski definition) is 5. The van der Waals surface area contributed by atoms with Crippen molar-refractivity contribution in [2.24, 2.45) is 5.73 Å². The van der Waals surface area contributed by atoms with Crippen molar-refractivity contribution in [2.45, 2.75) is 19.4 Å². The van der Waals surface area contributed by atoms with Crippen LogP contribution in [0.3, 0.4) is 0 Å². The number of hydrogen-bond donors (Lipinski definition) is 3. The Bertz CT molecular complexity index is 493. The standard InChI is InChI=1S/C11H15N5OS/c12-11(17)8-4-9(18-6-8)5-13-3-1-2-10-14-7-15-16-10/h4,6-7,13H,1-3,5H2,(H2,12,17)(H,14,15,16). The van der Waals surface area contributed by atoms with Crippen molar-refractivity contribution in [3.05, 3.63) is 34.0 Å². The van der Waals surface area contributed by atoms with Crippen LogP contribution in [0, 0.1) is 0 Å². The van der Waals surface area contributed by atoms with Crippen LogP contribution in [0.25, 0.3) is 0 Å². The summed E-state index contributed by atoms with van der Waals surface area (Å²) in [6.45, 7) is 1.65. The molecule has 0 fully saturated rings. The summed E-state index contributed by atoms with van der Waals surface area (Å²) in [5, 5.41) is 11.7. The van der Waals surface area contributed by atoms with E-state index in [9.17, 15) is 4.79 Å². The third-order valence-corrected chi connectivity index (χ3v) is 3.41. The zero-order valence-electron chi connectivity index (χ0n) is 9.85. The van der Waals surface area contributed by atoms with E-state index < -0.39 is 0 Å². The normalized spacial score (nSPS) is 10.7. The van der Waals surface area contributed by atoms with Crippen LogP contribution in [0.15, 0.2) is 17.8 Å². The van der Waals surface area contributed by atoms with Gasteiger partial charge in [0.2, 0.25) is 5.91 Å². The van der Waals surface area contributed by atoms with Crippen molar-refractivity contribution in [2.75, 3.05) is 6.54 Å². The van der Waals surface area contributed by atoms with Gasteiger partial charge in [0.25, 0.3) is 0 Å². The summed E-state index contributed by atoms with van der Waals surface area (Å²) in [5.41, 5.74) is 5.77. The van der Waals surface area contributed by atoms with E-state index in [0.717, 1.165) is 36.6 Å². The molecule has 7 heteroatoms. The number of thiophene rings is 1. The van der Waals surface area contributed by atoms with Crippen molar-refractivity contribution < 1.29 is 4.79 Å². The summed E-state index contributed by atoms with van der Waals surface area (Å²) >= 11 is 1.54. The molecule has 0 atom stereocenters. The van der Waals surface area contributed by atoms with E-state index in [4.69, 9.17) is 5.73 Å². The molecule has 0 aliphatic carbocycles. The quantitative estimate of drug-likeness (QED) is 0.642. The fourth-order valence-electron chi connectivity index (χ4n) is 1.55. The minimum Gasteiger partial charge on any atom is -0.366 e. The smallest absolute Gasteiger partial charge is 0.249 e. The first kappa shape index (κ1) is 12.7. The van der Waals surface area contributed by atoms with Gasteiger partial charge < -0.3 is 11.1 Å². The van der Waals surface area contributed by atoms with Gasteiger partial charge in [-0.2, -0.15) is 5.10 Å². The molecule has 96 valence electrons. The molecule has 18 heavy (non-hydrogen) atoms. The number of carbonyl (C=O) groups is 1. The lowest BCUT2D eigenvalue weighted by Gasteiger charge is -2.01.